The summed E-state index contributed by atoms with van der Waals surface area (Å²) in [5, 5.41) is 9.86. The number of hydrogen-bond donors (Lipinski definition) is 2. The predicted octanol–water partition coefficient (Wildman–Crippen LogP) is 5.35. The third kappa shape index (κ3) is 2.97. The van der Waals surface area contributed by atoms with Gasteiger partial charge in [0.25, 0.3) is 0 Å². The largest absolute Gasteiger partial charge is 0.493 e. The van der Waals surface area contributed by atoms with E-state index in [0.29, 0.717) is 22.9 Å². The summed E-state index contributed by atoms with van der Waals surface area (Å²) in [7, 11) is 3.27. The van der Waals surface area contributed by atoms with E-state index in [4.69, 9.17) is 19.9 Å². The van der Waals surface area contributed by atoms with Gasteiger partial charge in [-0.1, -0.05) is 6.08 Å². The molecule has 1 aromatic carbocycles. The average molecular weight is 480 g/mol. The fourth-order valence-electron chi connectivity index (χ4n) is 5.19. The summed E-state index contributed by atoms with van der Waals surface area (Å²) in [6, 6.07) is 6.44. The number of nitriles is 1. The summed E-state index contributed by atoms with van der Waals surface area (Å²) >= 11 is 3.64. The summed E-state index contributed by atoms with van der Waals surface area (Å²) in [4.78, 5) is 3.18. The molecule has 6 nitrogen and oxygen atoms in total. The Hall–Kier alpha value is -3.11. The van der Waals surface area contributed by atoms with Crippen LogP contribution in [0.4, 0.5) is 5.82 Å². The number of nitrogens with one attached hydrogen (secondary N) is 1. The van der Waals surface area contributed by atoms with Crippen molar-refractivity contribution < 1.29 is 14.2 Å². The summed E-state index contributed by atoms with van der Waals surface area (Å²) in [5.74, 6) is 3.07. The van der Waals surface area contributed by atoms with E-state index in [9.17, 15) is 5.26 Å². The van der Waals surface area contributed by atoms with E-state index < -0.39 is 0 Å². The molecule has 2 heterocycles. The third-order valence-electron chi connectivity index (χ3n) is 6.48. The van der Waals surface area contributed by atoms with Crippen molar-refractivity contribution >= 4 is 27.8 Å². The minimum atomic E-state index is -0.0500. The molecule has 1 aromatic heterocycles. The molecule has 0 radical (unpaired) electrons. The molecule has 3 aliphatic rings. The topological polar surface area (TPSA) is 93.3 Å². The van der Waals surface area contributed by atoms with Gasteiger partial charge in [0.05, 0.1) is 30.5 Å². The zero-order valence-corrected chi connectivity index (χ0v) is 18.8. The van der Waals surface area contributed by atoms with Crippen molar-refractivity contribution in [2.24, 2.45) is 5.92 Å². The number of aromatic nitrogens is 1. The predicted molar refractivity (Wildman–Crippen MR) is 122 cm³/mol. The van der Waals surface area contributed by atoms with Crippen LogP contribution in [0.1, 0.15) is 47.1 Å². The van der Waals surface area contributed by atoms with Crippen molar-refractivity contribution in [2.45, 2.75) is 24.7 Å². The first-order chi connectivity index (χ1) is 15.1. The van der Waals surface area contributed by atoms with E-state index in [1.165, 1.54) is 0 Å². The number of hydrogen-bond acceptors (Lipinski definition) is 5. The zero-order chi connectivity index (χ0) is 21.7. The lowest BCUT2D eigenvalue weighted by Crippen LogP contribution is -2.28. The Bertz CT molecular complexity index is 1200. The van der Waals surface area contributed by atoms with Crippen molar-refractivity contribution in [3.05, 3.63) is 68.7 Å². The van der Waals surface area contributed by atoms with E-state index in [0.717, 1.165) is 45.5 Å². The minimum absolute atomic E-state index is 0.0500. The van der Waals surface area contributed by atoms with Crippen molar-refractivity contribution in [3.63, 3.8) is 0 Å². The summed E-state index contributed by atoms with van der Waals surface area (Å²) in [5.41, 5.74) is 10.7. The molecule has 0 saturated heterocycles. The van der Waals surface area contributed by atoms with E-state index in [1.54, 1.807) is 20.5 Å². The molecule has 0 amide bonds. The Morgan fingerprint density at radius 1 is 1.26 bits per heavy atom. The smallest absolute Gasteiger partial charge is 0.174 e. The highest BCUT2D eigenvalue weighted by Gasteiger charge is 2.43. The molecule has 0 spiro atoms. The van der Waals surface area contributed by atoms with Crippen molar-refractivity contribution in [3.8, 4) is 17.6 Å². The van der Waals surface area contributed by atoms with Crippen LogP contribution in [0.5, 0.6) is 11.5 Å². The van der Waals surface area contributed by atoms with Gasteiger partial charge in [-0.15, -0.1) is 0 Å². The van der Waals surface area contributed by atoms with Crippen molar-refractivity contribution in [1.82, 2.24) is 4.98 Å². The van der Waals surface area contributed by atoms with Crippen LogP contribution in [0.15, 0.2) is 46.4 Å². The molecular formula is C24H22BrN3O3. The maximum atomic E-state index is 9.86. The first kappa shape index (κ1) is 19.8. The summed E-state index contributed by atoms with van der Waals surface area (Å²) < 4.78 is 18.0. The maximum absolute atomic E-state index is 9.86. The lowest BCUT2D eigenvalue weighted by molar-refractivity contribution is 0.225. The van der Waals surface area contributed by atoms with Gasteiger partial charge in [-0.3, -0.25) is 0 Å². The van der Waals surface area contributed by atoms with E-state index >= 15 is 0 Å². The second-order valence-electron chi connectivity index (χ2n) is 7.99. The van der Waals surface area contributed by atoms with Gasteiger partial charge in [0.2, 0.25) is 0 Å². The van der Waals surface area contributed by atoms with Gasteiger partial charge in [-0.2, -0.15) is 5.26 Å². The second-order valence-corrected chi connectivity index (χ2v) is 8.84. The number of nitrogens with two attached hydrogens (primary N) is 1. The minimum Gasteiger partial charge on any atom is -0.493 e. The number of ether oxygens (including phenoxy) is 3. The SMILES string of the molecule is COc1cc(C2CC3CC=COC3=C3C=Cc4[nH]c(N)c(C#N)c4C32)cc(Br)c1OC. The highest BCUT2D eigenvalue weighted by atomic mass is 79.9. The number of benzene rings is 1. The normalized spacial score (nSPS) is 23.4. The van der Waals surface area contributed by atoms with Gasteiger partial charge in [0.15, 0.2) is 11.5 Å². The molecule has 2 aliphatic carbocycles. The van der Waals surface area contributed by atoms with Crippen LogP contribution in [0.25, 0.3) is 6.08 Å². The van der Waals surface area contributed by atoms with Crippen molar-refractivity contribution in [1.29, 1.82) is 5.26 Å². The molecule has 0 fully saturated rings. The Labute approximate surface area is 189 Å². The van der Waals surface area contributed by atoms with Gasteiger partial charge >= 0.3 is 0 Å². The van der Waals surface area contributed by atoms with Crippen LogP contribution in [0.3, 0.4) is 0 Å². The third-order valence-corrected chi connectivity index (χ3v) is 7.07. The van der Waals surface area contributed by atoms with E-state index in [-0.39, 0.29) is 17.8 Å². The molecule has 158 valence electrons. The highest BCUT2D eigenvalue weighted by molar-refractivity contribution is 9.10. The first-order valence-corrected chi connectivity index (χ1v) is 10.9. The summed E-state index contributed by atoms with van der Waals surface area (Å²) in [6.07, 6.45) is 9.76. The van der Waals surface area contributed by atoms with Crippen LogP contribution in [0, 0.1) is 17.2 Å². The van der Waals surface area contributed by atoms with Crippen LogP contribution >= 0.6 is 15.9 Å². The molecule has 31 heavy (non-hydrogen) atoms. The molecule has 1 aliphatic heterocycles. The molecule has 7 heteroatoms. The van der Waals surface area contributed by atoms with Gasteiger partial charge < -0.3 is 24.9 Å². The van der Waals surface area contributed by atoms with E-state index in [2.05, 4.69) is 45.2 Å². The van der Waals surface area contributed by atoms with E-state index in [1.807, 2.05) is 12.1 Å². The number of nitrogens with zero attached hydrogens (tertiary/aromatic N) is 1. The monoisotopic (exact) mass is 479 g/mol. The molecule has 3 N–H and O–H groups in total. The lowest BCUT2D eigenvalue weighted by atomic mass is 9.65. The average Bonchev–Trinajstić information content (AvgIpc) is 3.12. The molecule has 0 saturated carbocycles. The maximum Gasteiger partial charge on any atom is 0.174 e. The Morgan fingerprint density at radius 2 is 2.10 bits per heavy atom. The molecule has 5 rings (SSSR count). The number of fused-ring (bicyclic) bond motifs is 4. The van der Waals surface area contributed by atoms with Gasteiger partial charge in [-0.25, -0.2) is 0 Å². The second kappa shape index (κ2) is 7.54. The van der Waals surface area contributed by atoms with Crippen LogP contribution in [0.2, 0.25) is 0 Å². The summed E-state index contributed by atoms with van der Waals surface area (Å²) in [6.45, 7) is 0. The number of H-pyrrole nitrogens is 1. The Kier molecular flexibility index (Phi) is 4.82. The number of methoxy groups -OCH3 is 2. The number of nitrogen functional groups attached to an aromatic ring is 1. The molecule has 0 bridgehead atoms. The van der Waals surface area contributed by atoms with Gasteiger partial charge in [-0.05, 0) is 70.1 Å². The quantitative estimate of drug-likeness (QED) is 0.618. The fourth-order valence-corrected chi connectivity index (χ4v) is 5.81. The molecule has 3 atom stereocenters. The fraction of sp³-hybridized carbons (Fsp3) is 0.292. The number of allylic oxidation sites excluding steroid dienone is 4. The highest BCUT2D eigenvalue weighted by Crippen LogP contribution is 2.56. The number of rotatable bonds is 3. The van der Waals surface area contributed by atoms with Gasteiger partial charge in [0, 0.05) is 23.1 Å². The van der Waals surface area contributed by atoms with Crippen molar-refractivity contribution in [2.75, 3.05) is 20.0 Å². The van der Waals surface area contributed by atoms with Crippen LogP contribution in [-0.2, 0) is 4.74 Å². The number of anilines is 1. The molecular weight excluding hydrogens is 458 g/mol. The van der Waals surface area contributed by atoms with Crippen LogP contribution in [-0.4, -0.2) is 19.2 Å². The standard InChI is InChI=1S/C24H22BrN3O3/c1-29-19-10-13(9-17(25)23(19)30-2)15-8-12-4-3-7-31-22(12)14-5-6-18-21(20(14)15)16(11-26)24(27)28-18/h3,5-7,9-10,12,15,20,28H,4,8,27H2,1-2H3. The lowest BCUT2D eigenvalue weighted by Gasteiger charge is -2.41. The number of aromatic amines is 1. The zero-order valence-electron chi connectivity index (χ0n) is 17.2. The Morgan fingerprint density at radius 3 is 2.84 bits per heavy atom. The van der Waals surface area contributed by atoms with Crippen LogP contribution < -0.4 is 15.2 Å². The Balaban J connectivity index is 1.74. The van der Waals surface area contributed by atoms with Gasteiger partial charge in [0.1, 0.15) is 17.6 Å². The number of halogens is 1. The first-order valence-electron chi connectivity index (χ1n) is 10.1. The molecule has 3 unspecified atom stereocenters. The molecule has 2 aromatic rings.